The fraction of sp³-hybridized carbons (Fsp3) is 0.267. The largest absolute Gasteiger partial charge is 1.00 e. The minimum Gasteiger partial charge on any atom is -1.00 e. The van der Waals surface area contributed by atoms with Gasteiger partial charge in [-0.05, 0) is 13.0 Å². The molecule has 0 bridgehead atoms. The minimum absolute atomic E-state index is 0. The number of H-pyrrole nitrogens is 1. The molecule has 24 heavy (non-hydrogen) atoms. The molecular formula is C15H19Cl2N5O2. The lowest BCUT2D eigenvalue weighted by atomic mass is 10.1. The molecular weight excluding hydrogens is 353 g/mol. The molecule has 3 aromatic heterocycles. The minimum atomic E-state index is -0.142. The fourth-order valence-corrected chi connectivity index (χ4v) is 2.52. The Hall–Kier alpha value is -2.09. The third-order valence-electron chi connectivity index (χ3n) is 3.65. The molecule has 0 aliphatic rings. The number of aliphatic hydroxyl groups excluding tert-OH is 1. The number of aromatic amines is 1. The molecule has 130 valence electrons. The molecule has 7 nitrogen and oxygen atoms in total. The third kappa shape index (κ3) is 3.69. The van der Waals surface area contributed by atoms with E-state index in [0.717, 1.165) is 5.56 Å². The van der Waals surface area contributed by atoms with Crippen molar-refractivity contribution in [2.45, 2.75) is 19.9 Å². The zero-order chi connectivity index (χ0) is 15.7. The molecule has 3 rings (SSSR count). The molecule has 3 aromatic rings. The normalized spacial score (nSPS) is 10.2. The second-order valence-corrected chi connectivity index (χ2v) is 5.22. The standard InChI is InChI=1S/C15H17N5O2.2ClH/c1-10-12(7-11-3-2-4-19(9-11)5-6-21)15(22)20-14(18-10)13(16)8-17-20;;/h2-4,8-9,21H,5-7,16H2,1H3;2*1H. The van der Waals surface area contributed by atoms with Crippen LogP contribution in [-0.2, 0) is 13.0 Å². The first kappa shape index (κ1) is 20.0. The first-order chi connectivity index (χ1) is 10.6. The van der Waals surface area contributed by atoms with Crippen LogP contribution in [0.25, 0.3) is 5.65 Å². The van der Waals surface area contributed by atoms with E-state index in [0.29, 0.717) is 35.6 Å². The van der Waals surface area contributed by atoms with Crippen LogP contribution in [0.3, 0.4) is 0 Å². The number of aryl methyl sites for hydroxylation is 1. The van der Waals surface area contributed by atoms with E-state index in [-0.39, 0.29) is 37.0 Å². The van der Waals surface area contributed by atoms with E-state index >= 15 is 0 Å². The highest BCUT2D eigenvalue weighted by Gasteiger charge is 2.14. The molecule has 4 N–H and O–H groups in total. The Morgan fingerprint density at radius 1 is 1.46 bits per heavy atom. The molecule has 0 unspecified atom stereocenters. The Morgan fingerprint density at radius 3 is 2.92 bits per heavy atom. The van der Waals surface area contributed by atoms with Crippen molar-refractivity contribution in [3.63, 3.8) is 0 Å². The zero-order valence-electron chi connectivity index (χ0n) is 13.1. The molecule has 0 fully saturated rings. The van der Waals surface area contributed by atoms with E-state index in [9.17, 15) is 4.79 Å². The second-order valence-electron chi connectivity index (χ2n) is 5.22. The lowest BCUT2D eigenvalue weighted by molar-refractivity contribution is -0.698. The van der Waals surface area contributed by atoms with Crippen LogP contribution >= 0.6 is 12.4 Å². The van der Waals surface area contributed by atoms with Gasteiger partial charge in [0, 0.05) is 35.5 Å². The summed E-state index contributed by atoms with van der Waals surface area (Å²) in [5, 5.41) is 11.8. The number of hydrogen-bond acceptors (Lipinski definition) is 4. The molecule has 0 amide bonds. The van der Waals surface area contributed by atoms with Gasteiger partial charge in [-0.3, -0.25) is 9.89 Å². The number of rotatable bonds is 4. The summed E-state index contributed by atoms with van der Waals surface area (Å²) in [5.74, 6) is 0. The van der Waals surface area contributed by atoms with Crippen molar-refractivity contribution in [2.24, 2.45) is 0 Å². The number of nitrogens with two attached hydrogens (primary N) is 1. The van der Waals surface area contributed by atoms with Crippen molar-refractivity contribution in [1.29, 1.82) is 0 Å². The first-order valence-corrected chi connectivity index (χ1v) is 7.04. The molecule has 0 aliphatic carbocycles. The second kappa shape index (κ2) is 8.14. The highest BCUT2D eigenvalue weighted by molar-refractivity contribution is 5.85. The van der Waals surface area contributed by atoms with Crippen molar-refractivity contribution in [3.8, 4) is 0 Å². The van der Waals surface area contributed by atoms with E-state index in [1.165, 1.54) is 4.52 Å². The SMILES string of the molecule is Cc1nc2c(N)c[nH]n2c(=O)c1Cc1ccc[n+](CCO)c1.Cl.[Cl-]. The van der Waals surface area contributed by atoms with Gasteiger partial charge in [0.2, 0.25) is 0 Å². The van der Waals surface area contributed by atoms with Crippen LogP contribution in [-0.4, -0.2) is 26.3 Å². The van der Waals surface area contributed by atoms with Crippen LogP contribution < -0.4 is 28.3 Å². The van der Waals surface area contributed by atoms with Gasteiger partial charge in [-0.25, -0.2) is 9.55 Å². The van der Waals surface area contributed by atoms with Crippen LogP contribution in [0, 0.1) is 6.92 Å². The van der Waals surface area contributed by atoms with Gasteiger partial charge in [0.25, 0.3) is 5.56 Å². The Bertz CT molecular complexity index is 891. The van der Waals surface area contributed by atoms with Gasteiger partial charge in [0.15, 0.2) is 24.6 Å². The average Bonchev–Trinajstić information content (AvgIpc) is 2.86. The molecule has 9 heteroatoms. The van der Waals surface area contributed by atoms with Gasteiger partial charge in [-0.1, -0.05) is 0 Å². The predicted octanol–water partition coefficient (Wildman–Crippen LogP) is -2.79. The molecule has 3 heterocycles. The Morgan fingerprint density at radius 2 is 2.21 bits per heavy atom. The summed E-state index contributed by atoms with van der Waals surface area (Å²) < 4.78 is 3.25. The fourth-order valence-electron chi connectivity index (χ4n) is 2.52. The van der Waals surface area contributed by atoms with Gasteiger partial charge in [0.05, 0.1) is 5.69 Å². The number of hydrogen-bond donors (Lipinski definition) is 3. The van der Waals surface area contributed by atoms with Gasteiger partial charge in [-0.2, -0.15) is 4.52 Å². The molecule has 0 atom stereocenters. The number of nitrogens with one attached hydrogen (secondary N) is 1. The number of halogens is 2. The third-order valence-corrected chi connectivity index (χ3v) is 3.65. The summed E-state index contributed by atoms with van der Waals surface area (Å²) in [4.78, 5) is 17.0. The van der Waals surface area contributed by atoms with Crippen molar-refractivity contribution in [3.05, 3.63) is 57.9 Å². The summed E-state index contributed by atoms with van der Waals surface area (Å²) in [6.45, 7) is 2.41. The maximum absolute atomic E-state index is 12.6. The van der Waals surface area contributed by atoms with E-state index < -0.39 is 0 Å². The van der Waals surface area contributed by atoms with Gasteiger partial charge >= 0.3 is 0 Å². The summed E-state index contributed by atoms with van der Waals surface area (Å²) >= 11 is 0. The number of aromatic nitrogens is 4. The molecule has 0 aromatic carbocycles. The topological polar surface area (TPSA) is 100 Å². The number of nitrogens with zero attached hydrogens (tertiary/aromatic N) is 3. The van der Waals surface area contributed by atoms with E-state index in [4.69, 9.17) is 10.8 Å². The molecule has 0 saturated carbocycles. The predicted molar refractivity (Wildman–Crippen MR) is 88.7 cm³/mol. The van der Waals surface area contributed by atoms with E-state index in [1.54, 1.807) is 6.20 Å². The molecule has 0 spiro atoms. The zero-order valence-corrected chi connectivity index (χ0v) is 14.6. The van der Waals surface area contributed by atoms with Crippen molar-refractivity contribution in [1.82, 2.24) is 14.6 Å². The molecule has 0 saturated heterocycles. The molecule has 0 aliphatic heterocycles. The highest BCUT2D eigenvalue weighted by atomic mass is 35.5. The van der Waals surface area contributed by atoms with Crippen LogP contribution in [0.4, 0.5) is 5.69 Å². The van der Waals surface area contributed by atoms with Crippen molar-refractivity contribution in [2.75, 3.05) is 12.3 Å². The average molecular weight is 372 g/mol. The Balaban J connectivity index is 0.00000144. The van der Waals surface area contributed by atoms with Crippen LogP contribution in [0.15, 0.2) is 35.5 Å². The van der Waals surface area contributed by atoms with Crippen molar-refractivity contribution >= 4 is 23.7 Å². The number of pyridine rings is 1. The molecule has 0 radical (unpaired) electrons. The smallest absolute Gasteiger partial charge is 0.276 e. The summed E-state index contributed by atoms with van der Waals surface area (Å²) in [5.41, 5.74) is 8.84. The first-order valence-electron chi connectivity index (χ1n) is 7.04. The monoisotopic (exact) mass is 371 g/mol. The van der Waals surface area contributed by atoms with Crippen LogP contribution in [0.5, 0.6) is 0 Å². The summed E-state index contributed by atoms with van der Waals surface area (Å²) in [7, 11) is 0. The summed E-state index contributed by atoms with van der Waals surface area (Å²) in [6.07, 6.45) is 5.84. The quantitative estimate of drug-likeness (QED) is 0.431. The number of anilines is 1. The lowest BCUT2D eigenvalue weighted by Gasteiger charge is -2.05. The van der Waals surface area contributed by atoms with E-state index in [2.05, 4.69) is 10.1 Å². The maximum atomic E-state index is 12.6. The van der Waals surface area contributed by atoms with Crippen LogP contribution in [0.2, 0.25) is 0 Å². The maximum Gasteiger partial charge on any atom is 0.276 e. The Kier molecular flexibility index (Phi) is 6.77. The number of nitrogen functional groups attached to an aromatic ring is 1. The van der Waals surface area contributed by atoms with Crippen molar-refractivity contribution < 1.29 is 22.1 Å². The van der Waals surface area contributed by atoms with Crippen LogP contribution in [0.1, 0.15) is 16.8 Å². The van der Waals surface area contributed by atoms with Gasteiger partial charge < -0.3 is 23.2 Å². The van der Waals surface area contributed by atoms with Gasteiger partial charge in [-0.15, -0.1) is 12.4 Å². The highest BCUT2D eigenvalue weighted by Crippen LogP contribution is 2.12. The Labute approximate surface area is 151 Å². The van der Waals surface area contributed by atoms with E-state index in [1.807, 2.05) is 36.0 Å². The van der Waals surface area contributed by atoms with Gasteiger partial charge in [0.1, 0.15) is 6.61 Å². The number of fused-ring (bicyclic) bond motifs is 1. The summed E-state index contributed by atoms with van der Waals surface area (Å²) in [6, 6.07) is 3.85. The number of aliphatic hydroxyl groups is 1. The lowest BCUT2D eigenvalue weighted by Crippen LogP contribution is -3.00.